The zero-order chi connectivity index (χ0) is 19.8. The summed E-state index contributed by atoms with van der Waals surface area (Å²) >= 11 is 0. The van der Waals surface area contributed by atoms with Crippen molar-refractivity contribution in [3.8, 4) is 11.5 Å². The number of ether oxygens (including phenoxy) is 1. The van der Waals surface area contributed by atoms with Crippen LogP contribution >= 0.6 is 0 Å². The standard InChI is InChI=1S/C21H18FN3O3/c22-16-11-9-15(10-12-16)21(23)25-27-14-20(26)24-17-5-4-8-19(13-17)28-18-6-2-1-3-7-18/h1-13H,14H2,(H2,23,25)(H,24,26). The summed E-state index contributed by atoms with van der Waals surface area (Å²) in [4.78, 5) is 17.0. The Kier molecular flexibility index (Phi) is 6.20. The Balaban J connectivity index is 1.52. The molecule has 3 rings (SSSR count). The number of carbonyl (C=O) groups is 1. The summed E-state index contributed by atoms with van der Waals surface area (Å²) in [5.74, 6) is 0.539. The van der Waals surface area contributed by atoms with Crippen LogP contribution in [0.5, 0.6) is 11.5 Å². The molecule has 28 heavy (non-hydrogen) atoms. The number of halogens is 1. The number of benzene rings is 3. The number of nitrogens with zero attached hydrogens (tertiary/aromatic N) is 1. The molecule has 0 radical (unpaired) electrons. The summed E-state index contributed by atoms with van der Waals surface area (Å²) in [7, 11) is 0. The minimum atomic E-state index is -0.410. The van der Waals surface area contributed by atoms with Crippen molar-refractivity contribution in [2.75, 3.05) is 11.9 Å². The minimum Gasteiger partial charge on any atom is -0.457 e. The Hall–Kier alpha value is -3.87. The molecule has 0 unspecified atom stereocenters. The number of amidine groups is 1. The second-order valence-corrected chi connectivity index (χ2v) is 5.75. The van der Waals surface area contributed by atoms with Crippen molar-refractivity contribution in [1.82, 2.24) is 0 Å². The second kappa shape index (κ2) is 9.18. The van der Waals surface area contributed by atoms with E-state index in [1.54, 1.807) is 24.3 Å². The molecule has 3 aromatic carbocycles. The Morgan fingerprint density at radius 3 is 2.43 bits per heavy atom. The summed E-state index contributed by atoms with van der Waals surface area (Å²) in [6.07, 6.45) is 0. The SMILES string of the molecule is NC(=NOCC(=O)Nc1cccc(Oc2ccccc2)c1)c1ccc(F)cc1. The molecular formula is C21H18FN3O3. The van der Waals surface area contributed by atoms with Crippen molar-refractivity contribution in [2.45, 2.75) is 0 Å². The number of hydrogen-bond donors (Lipinski definition) is 2. The van der Waals surface area contributed by atoms with E-state index < -0.39 is 5.91 Å². The Labute approximate surface area is 161 Å². The highest BCUT2D eigenvalue weighted by Gasteiger charge is 2.06. The van der Waals surface area contributed by atoms with Gasteiger partial charge in [-0.25, -0.2) is 4.39 Å². The van der Waals surface area contributed by atoms with Gasteiger partial charge < -0.3 is 20.6 Å². The van der Waals surface area contributed by atoms with Gasteiger partial charge in [-0.3, -0.25) is 4.79 Å². The number of carbonyl (C=O) groups excluding carboxylic acids is 1. The van der Waals surface area contributed by atoms with Crippen LogP contribution in [0.4, 0.5) is 10.1 Å². The first-order valence-corrected chi connectivity index (χ1v) is 8.44. The molecule has 0 spiro atoms. The Bertz CT molecular complexity index is 960. The summed E-state index contributed by atoms with van der Waals surface area (Å²) in [5.41, 5.74) is 6.78. The van der Waals surface area contributed by atoms with Crippen molar-refractivity contribution in [2.24, 2.45) is 10.9 Å². The molecule has 7 heteroatoms. The number of anilines is 1. The van der Waals surface area contributed by atoms with Crippen molar-refractivity contribution in [1.29, 1.82) is 0 Å². The molecule has 3 N–H and O–H groups in total. The zero-order valence-electron chi connectivity index (χ0n) is 14.8. The first-order valence-electron chi connectivity index (χ1n) is 8.44. The van der Waals surface area contributed by atoms with Crippen LogP contribution in [0.25, 0.3) is 0 Å². The lowest BCUT2D eigenvalue weighted by atomic mass is 10.2. The Morgan fingerprint density at radius 2 is 1.68 bits per heavy atom. The number of rotatable bonds is 7. The molecule has 142 valence electrons. The number of nitrogens with two attached hydrogens (primary N) is 1. The molecule has 6 nitrogen and oxygen atoms in total. The molecular weight excluding hydrogens is 361 g/mol. The molecule has 0 atom stereocenters. The van der Waals surface area contributed by atoms with Crippen LogP contribution in [0.15, 0.2) is 84.0 Å². The van der Waals surface area contributed by atoms with E-state index in [-0.39, 0.29) is 18.3 Å². The number of para-hydroxylation sites is 1. The first-order chi connectivity index (χ1) is 13.6. The lowest BCUT2D eigenvalue weighted by Crippen LogP contribution is -2.19. The van der Waals surface area contributed by atoms with Gasteiger partial charge in [0.05, 0.1) is 0 Å². The predicted molar refractivity (Wildman–Crippen MR) is 105 cm³/mol. The number of amides is 1. The van der Waals surface area contributed by atoms with Gasteiger partial charge >= 0.3 is 0 Å². The van der Waals surface area contributed by atoms with E-state index in [1.807, 2.05) is 30.3 Å². The molecule has 1 amide bonds. The molecule has 0 aromatic heterocycles. The van der Waals surface area contributed by atoms with Crippen LogP contribution in [0.3, 0.4) is 0 Å². The van der Waals surface area contributed by atoms with Crippen molar-refractivity contribution in [3.05, 3.63) is 90.2 Å². The molecule has 0 heterocycles. The van der Waals surface area contributed by atoms with Gasteiger partial charge in [0.2, 0.25) is 0 Å². The van der Waals surface area contributed by atoms with Crippen LogP contribution in [0.1, 0.15) is 5.56 Å². The summed E-state index contributed by atoms with van der Waals surface area (Å²) in [6.45, 7) is -0.328. The summed E-state index contributed by atoms with van der Waals surface area (Å²) < 4.78 is 18.6. The van der Waals surface area contributed by atoms with Gasteiger partial charge in [0.25, 0.3) is 5.91 Å². The highest BCUT2D eigenvalue weighted by Crippen LogP contribution is 2.23. The highest BCUT2D eigenvalue weighted by molar-refractivity contribution is 5.97. The van der Waals surface area contributed by atoms with E-state index in [2.05, 4.69) is 10.5 Å². The second-order valence-electron chi connectivity index (χ2n) is 5.75. The number of hydrogen-bond acceptors (Lipinski definition) is 4. The molecule has 0 fully saturated rings. The third kappa shape index (κ3) is 5.57. The van der Waals surface area contributed by atoms with Gasteiger partial charge in [0.15, 0.2) is 12.4 Å². The molecule has 3 aromatic rings. The summed E-state index contributed by atoms with van der Waals surface area (Å²) in [6, 6.07) is 21.7. The van der Waals surface area contributed by atoms with Crippen molar-refractivity contribution < 1.29 is 18.8 Å². The van der Waals surface area contributed by atoms with Crippen LogP contribution < -0.4 is 15.8 Å². The van der Waals surface area contributed by atoms with E-state index in [4.69, 9.17) is 15.3 Å². The van der Waals surface area contributed by atoms with Gasteiger partial charge in [0, 0.05) is 17.3 Å². The highest BCUT2D eigenvalue weighted by atomic mass is 19.1. The van der Waals surface area contributed by atoms with Gasteiger partial charge in [0.1, 0.15) is 17.3 Å². The molecule has 0 saturated carbocycles. The van der Waals surface area contributed by atoms with Gasteiger partial charge in [-0.1, -0.05) is 29.4 Å². The lowest BCUT2D eigenvalue weighted by Gasteiger charge is -2.09. The maximum Gasteiger partial charge on any atom is 0.265 e. The topological polar surface area (TPSA) is 85.9 Å². The molecule has 0 aliphatic heterocycles. The maximum absolute atomic E-state index is 12.9. The molecule has 0 saturated heterocycles. The average Bonchev–Trinajstić information content (AvgIpc) is 2.69. The largest absolute Gasteiger partial charge is 0.457 e. The fourth-order valence-corrected chi connectivity index (χ4v) is 2.29. The molecule has 0 aliphatic carbocycles. The summed E-state index contributed by atoms with van der Waals surface area (Å²) in [5, 5.41) is 6.35. The zero-order valence-corrected chi connectivity index (χ0v) is 14.8. The third-order valence-corrected chi connectivity index (χ3v) is 3.60. The first kappa shape index (κ1) is 18.9. The van der Waals surface area contributed by atoms with Crippen molar-refractivity contribution >= 4 is 17.4 Å². The van der Waals surface area contributed by atoms with Gasteiger partial charge in [-0.15, -0.1) is 0 Å². The molecule has 0 aliphatic rings. The van der Waals surface area contributed by atoms with E-state index in [0.717, 1.165) is 0 Å². The monoisotopic (exact) mass is 379 g/mol. The fraction of sp³-hybridized carbons (Fsp3) is 0.0476. The van der Waals surface area contributed by atoms with Crippen LogP contribution in [0.2, 0.25) is 0 Å². The normalized spacial score (nSPS) is 11.0. The number of nitrogens with one attached hydrogen (secondary N) is 1. The van der Waals surface area contributed by atoms with E-state index in [0.29, 0.717) is 22.7 Å². The fourth-order valence-electron chi connectivity index (χ4n) is 2.29. The predicted octanol–water partition coefficient (Wildman–Crippen LogP) is 3.89. The smallest absolute Gasteiger partial charge is 0.265 e. The van der Waals surface area contributed by atoms with Crippen molar-refractivity contribution in [3.63, 3.8) is 0 Å². The van der Waals surface area contributed by atoms with Crippen LogP contribution in [-0.4, -0.2) is 18.3 Å². The van der Waals surface area contributed by atoms with Gasteiger partial charge in [-0.05, 0) is 48.5 Å². The van der Waals surface area contributed by atoms with E-state index >= 15 is 0 Å². The average molecular weight is 379 g/mol. The van der Waals surface area contributed by atoms with E-state index in [9.17, 15) is 9.18 Å². The molecule has 0 bridgehead atoms. The quantitative estimate of drug-likeness (QED) is 0.370. The van der Waals surface area contributed by atoms with Crippen LogP contribution in [-0.2, 0) is 9.63 Å². The Morgan fingerprint density at radius 1 is 0.964 bits per heavy atom. The van der Waals surface area contributed by atoms with Crippen LogP contribution in [0, 0.1) is 5.82 Å². The third-order valence-electron chi connectivity index (χ3n) is 3.60. The maximum atomic E-state index is 12.9. The van der Waals surface area contributed by atoms with E-state index in [1.165, 1.54) is 24.3 Å². The van der Waals surface area contributed by atoms with Gasteiger partial charge in [-0.2, -0.15) is 0 Å². The number of oxime groups is 1. The lowest BCUT2D eigenvalue weighted by molar-refractivity contribution is -0.120. The minimum absolute atomic E-state index is 0.0473.